The van der Waals surface area contributed by atoms with Crippen molar-refractivity contribution in [1.29, 1.82) is 0 Å². The topological polar surface area (TPSA) is 72.3 Å². The molecule has 0 unspecified atom stereocenters. The molecule has 3 heterocycles. The van der Waals surface area contributed by atoms with E-state index in [1.165, 1.54) is 11.8 Å². The number of aryl methyl sites for hydroxylation is 1. The lowest BCUT2D eigenvalue weighted by atomic mass is 10.00. The number of nitrogens with zero attached hydrogens (tertiary/aromatic N) is 4. The highest BCUT2D eigenvalue weighted by Gasteiger charge is 2.26. The van der Waals surface area contributed by atoms with Crippen LogP contribution in [0.2, 0.25) is 5.02 Å². The highest BCUT2D eigenvalue weighted by Crippen LogP contribution is 2.28. The van der Waals surface area contributed by atoms with E-state index in [1.807, 2.05) is 25.1 Å². The molecular weight excluding hydrogens is 434 g/mol. The first-order valence-corrected chi connectivity index (χ1v) is 12.3. The number of benzene rings is 1. The second-order valence-corrected chi connectivity index (χ2v) is 9.87. The zero-order chi connectivity index (χ0) is 21.8. The molecule has 0 spiro atoms. The second kappa shape index (κ2) is 10.2. The Bertz CT molecular complexity index is 907. The summed E-state index contributed by atoms with van der Waals surface area (Å²) in [7, 11) is 0. The van der Waals surface area contributed by atoms with Gasteiger partial charge in [0.1, 0.15) is 0 Å². The van der Waals surface area contributed by atoms with Crippen LogP contribution in [0.1, 0.15) is 38.2 Å². The third-order valence-electron chi connectivity index (χ3n) is 5.91. The summed E-state index contributed by atoms with van der Waals surface area (Å²) in [6.07, 6.45) is 4.64. The van der Waals surface area contributed by atoms with Gasteiger partial charge in [0, 0.05) is 19.7 Å². The van der Waals surface area contributed by atoms with E-state index < -0.39 is 0 Å². The number of hydrogen-bond donors (Lipinski definition) is 1. The molecule has 7 nitrogen and oxygen atoms in total. The van der Waals surface area contributed by atoms with Crippen molar-refractivity contribution in [3.05, 3.63) is 28.8 Å². The van der Waals surface area contributed by atoms with Crippen molar-refractivity contribution in [1.82, 2.24) is 14.8 Å². The molecule has 1 N–H and O–H groups in total. The summed E-state index contributed by atoms with van der Waals surface area (Å²) in [4.78, 5) is 14.9. The van der Waals surface area contributed by atoms with Gasteiger partial charge in [0.25, 0.3) is 0 Å². The van der Waals surface area contributed by atoms with Crippen LogP contribution < -0.4 is 10.2 Å². The highest BCUT2D eigenvalue weighted by molar-refractivity contribution is 7.99. The first-order chi connectivity index (χ1) is 15.0. The lowest BCUT2D eigenvalue weighted by Gasteiger charge is -2.31. The first-order valence-electron chi connectivity index (χ1n) is 11.0. The quantitative estimate of drug-likeness (QED) is 0.614. The van der Waals surface area contributed by atoms with Crippen molar-refractivity contribution in [3.63, 3.8) is 0 Å². The largest absolute Gasteiger partial charge is 0.376 e. The predicted molar refractivity (Wildman–Crippen MR) is 125 cm³/mol. The number of rotatable bonds is 7. The van der Waals surface area contributed by atoms with Crippen LogP contribution >= 0.6 is 23.4 Å². The molecule has 2 aromatic rings. The number of anilines is 2. The van der Waals surface area contributed by atoms with E-state index in [9.17, 15) is 4.79 Å². The number of nitrogens with one attached hydrogen (secondary N) is 1. The maximum absolute atomic E-state index is 12.5. The Hall–Kier alpha value is -1.77. The molecule has 0 aliphatic carbocycles. The molecule has 31 heavy (non-hydrogen) atoms. The summed E-state index contributed by atoms with van der Waals surface area (Å²) in [6, 6.07) is 5.60. The Morgan fingerprint density at radius 2 is 2.10 bits per heavy atom. The van der Waals surface area contributed by atoms with Crippen molar-refractivity contribution in [2.75, 3.05) is 35.7 Å². The Morgan fingerprint density at radius 1 is 1.29 bits per heavy atom. The molecule has 1 amide bonds. The van der Waals surface area contributed by atoms with Gasteiger partial charge in [-0.05, 0) is 56.2 Å². The Labute approximate surface area is 192 Å². The number of carbonyl (C=O) groups excluding carboxylic acids is 1. The fourth-order valence-electron chi connectivity index (χ4n) is 4.02. The summed E-state index contributed by atoms with van der Waals surface area (Å²) < 4.78 is 8.01. The third-order valence-corrected chi connectivity index (χ3v) is 7.18. The highest BCUT2D eigenvalue weighted by atomic mass is 35.5. The van der Waals surface area contributed by atoms with E-state index in [1.54, 1.807) is 0 Å². The number of carbonyl (C=O) groups is 1. The lowest BCUT2D eigenvalue weighted by Crippen LogP contribution is -2.35. The number of thioether (sulfide) groups is 1. The van der Waals surface area contributed by atoms with Crippen LogP contribution in [0.25, 0.3) is 0 Å². The normalized spacial score (nSPS) is 19.7. The van der Waals surface area contributed by atoms with Crippen molar-refractivity contribution < 1.29 is 9.53 Å². The van der Waals surface area contributed by atoms with Crippen LogP contribution in [0.4, 0.5) is 11.6 Å². The molecule has 0 saturated carbocycles. The monoisotopic (exact) mass is 463 g/mol. The average Bonchev–Trinajstić information content (AvgIpc) is 3.40. The fraction of sp³-hybridized carbons (Fsp3) is 0.591. The summed E-state index contributed by atoms with van der Waals surface area (Å²) in [5.41, 5.74) is 1.68. The molecule has 168 valence electrons. The zero-order valence-corrected chi connectivity index (χ0v) is 19.7. The van der Waals surface area contributed by atoms with Crippen molar-refractivity contribution in [2.24, 2.45) is 5.92 Å². The molecular formula is C22H30ClN5O2S. The predicted octanol–water partition coefficient (Wildman–Crippen LogP) is 4.39. The van der Waals surface area contributed by atoms with Gasteiger partial charge in [0.2, 0.25) is 11.9 Å². The van der Waals surface area contributed by atoms with E-state index in [0.29, 0.717) is 10.7 Å². The van der Waals surface area contributed by atoms with Gasteiger partial charge in [0.15, 0.2) is 5.16 Å². The molecule has 9 heteroatoms. The number of hydrogen-bond acceptors (Lipinski definition) is 6. The molecule has 1 aromatic carbocycles. The van der Waals surface area contributed by atoms with Gasteiger partial charge in [-0.1, -0.05) is 36.4 Å². The second-order valence-electron chi connectivity index (χ2n) is 8.52. The molecule has 2 aliphatic rings. The average molecular weight is 464 g/mol. The maximum atomic E-state index is 12.5. The Morgan fingerprint density at radius 3 is 2.81 bits per heavy atom. The van der Waals surface area contributed by atoms with Crippen LogP contribution in [0.5, 0.6) is 0 Å². The van der Waals surface area contributed by atoms with Gasteiger partial charge in [-0.3, -0.25) is 9.36 Å². The van der Waals surface area contributed by atoms with Gasteiger partial charge in [-0.15, -0.1) is 10.2 Å². The van der Waals surface area contributed by atoms with Crippen LogP contribution in [-0.2, 0) is 16.1 Å². The molecule has 1 aromatic heterocycles. The molecule has 2 saturated heterocycles. The maximum Gasteiger partial charge on any atom is 0.234 e. The van der Waals surface area contributed by atoms with Crippen molar-refractivity contribution in [3.8, 4) is 0 Å². The van der Waals surface area contributed by atoms with Gasteiger partial charge < -0.3 is 15.0 Å². The van der Waals surface area contributed by atoms with E-state index in [4.69, 9.17) is 16.3 Å². The zero-order valence-electron chi connectivity index (χ0n) is 18.1. The number of halogens is 1. The summed E-state index contributed by atoms with van der Waals surface area (Å²) in [5, 5.41) is 13.1. The van der Waals surface area contributed by atoms with E-state index >= 15 is 0 Å². The molecule has 2 aliphatic heterocycles. The third kappa shape index (κ3) is 5.73. The minimum atomic E-state index is -0.115. The summed E-state index contributed by atoms with van der Waals surface area (Å²) >= 11 is 7.65. The van der Waals surface area contributed by atoms with E-state index in [0.717, 1.165) is 74.5 Å². The molecule has 0 radical (unpaired) electrons. The SMILES string of the molecule is Cc1ccc(NC(=O)CSc2nnc(N3CCC(C)CC3)n2C[C@H]2CCCO2)c(Cl)c1. The Kier molecular flexibility index (Phi) is 7.40. The van der Waals surface area contributed by atoms with Crippen LogP contribution in [0.15, 0.2) is 23.4 Å². The summed E-state index contributed by atoms with van der Waals surface area (Å²) in [6.45, 7) is 7.78. The van der Waals surface area contributed by atoms with Crippen molar-refractivity contribution >= 4 is 40.9 Å². The molecule has 1 atom stereocenters. The number of aromatic nitrogens is 3. The van der Waals surface area contributed by atoms with Crippen molar-refractivity contribution in [2.45, 2.75) is 57.3 Å². The summed E-state index contributed by atoms with van der Waals surface area (Å²) in [5.74, 6) is 1.77. The van der Waals surface area contributed by atoms with Crippen LogP contribution in [0, 0.1) is 12.8 Å². The van der Waals surface area contributed by atoms with Gasteiger partial charge in [0.05, 0.1) is 29.1 Å². The number of amides is 1. The molecule has 0 bridgehead atoms. The molecule has 4 rings (SSSR count). The smallest absolute Gasteiger partial charge is 0.234 e. The van der Waals surface area contributed by atoms with Crippen LogP contribution in [-0.4, -0.2) is 52.2 Å². The Balaban J connectivity index is 1.44. The minimum absolute atomic E-state index is 0.115. The standard InChI is InChI=1S/C22H30ClN5O2S/c1-15-7-9-27(10-8-15)21-25-26-22(28(21)13-17-4-3-11-30-17)31-14-20(29)24-19-6-5-16(2)12-18(19)23/h5-6,12,15,17H,3-4,7-11,13-14H2,1-2H3,(H,24,29)/t17-/m1/s1. The fourth-order valence-corrected chi connectivity index (χ4v) is 5.05. The van der Waals surface area contributed by atoms with Gasteiger partial charge in [-0.25, -0.2) is 0 Å². The number of piperidine rings is 1. The lowest BCUT2D eigenvalue weighted by molar-refractivity contribution is -0.113. The van der Waals surface area contributed by atoms with Gasteiger partial charge >= 0.3 is 0 Å². The van der Waals surface area contributed by atoms with E-state index in [-0.39, 0.29) is 17.8 Å². The van der Waals surface area contributed by atoms with Crippen LogP contribution in [0.3, 0.4) is 0 Å². The van der Waals surface area contributed by atoms with E-state index in [2.05, 4.69) is 31.9 Å². The molecule has 2 fully saturated rings. The van der Waals surface area contributed by atoms with Gasteiger partial charge in [-0.2, -0.15) is 0 Å². The first kappa shape index (κ1) is 22.4. The number of ether oxygens (including phenoxy) is 1. The minimum Gasteiger partial charge on any atom is -0.376 e.